The van der Waals surface area contributed by atoms with Crippen LogP contribution in [0.2, 0.25) is 0 Å². The first kappa shape index (κ1) is 28.7. The van der Waals surface area contributed by atoms with Crippen molar-refractivity contribution in [2.45, 2.75) is 79.2 Å². The van der Waals surface area contributed by atoms with Gasteiger partial charge in [0.1, 0.15) is 0 Å². The van der Waals surface area contributed by atoms with E-state index in [0.717, 1.165) is 57.4 Å². The van der Waals surface area contributed by atoms with E-state index in [2.05, 4.69) is 67.6 Å². The molecule has 0 saturated heterocycles. The predicted molar refractivity (Wildman–Crippen MR) is 161 cm³/mol. The number of Topliss-reactive ketones (excluding diaryl/α,β-unsaturated/α-hetero) is 2. The second kappa shape index (κ2) is 10.8. The van der Waals surface area contributed by atoms with Crippen molar-refractivity contribution in [3.63, 3.8) is 0 Å². The fraction of sp³-hybridized carbons (Fsp3) is 0.471. The minimum Gasteiger partial charge on any atom is -0.493 e. The molecule has 0 N–H and O–H groups in total. The summed E-state index contributed by atoms with van der Waals surface area (Å²) in [4.78, 5) is 30.5. The summed E-state index contributed by atoms with van der Waals surface area (Å²) in [7, 11) is 1.63. The molecule has 0 spiro atoms. The highest BCUT2D eigenvalue weighted by molar-refractivity contribution is 9.10. The van der Waals surface area contributed by atoms with Gasteiger partial charge in [-0.2, -0.15) is 0 Å². The Morgan fingerprint density at radius 1 is 0.900 bits per heavy atom. The van der Waals surface area contributed by atoms with E-state index in [9.17, 15) is 9.59 Å². The maximum atomic E-state index is 14.1. The van der Waals surface area contributed by atoms with Crippen LogP contribution in [0.25, 0.3) is 0 Å². The van der Waals surface area contributed by atoms with Crippen LogP contribution in [0, 0.1) is 10.8 Å². The molecule has 5 nitrogen and oxygen atoms in total. The molecule has 0 amide bonds. The van der Waals surface area contributed by atoms with Crippen LogP contribution in [-0.2, 0) is 16.1 Å². The van der Waals surface area contributed by atoms with Crippen LogP contribution in [0.1, 0.15) is 83.8 Å². The van der Waals surface area contributed by atoms with Crippen LogP contribution in [0.15, 0.2) is 69.5 Å². The van der Waals surface area contributed by atoms with E-state index in [1.165, 1.54) is 0 Å². The molecule has 0 atom stereocenters. The molecule has 212 valence electrons. The number of benzene rings is 2. The van der Waals surface area contributed by atoms with Crippen molar-refractivity contribution >= 4 is 27.5 Å². The summed E-state index contributed by atoms with van der Waals surface area (Å²) >= 11 is 3.72. The number of hydrogen-bond donors (Lipinski definition) is 0. The summed E-state index contributed by atoms with van der Waals surface area (Å²) in [6.45, 7) is 11.9. The molecule has 0 fully saturated rings. The van der Waals surface area contributed by atoms with E-state index in [0.29, 0.717) is 37.5 Å². The molecule has 0 saturated carbocycles. The number of allylic oxidation sites excluding steroid dienone is 4. The molecular weight excluding hydrogens is 566 g/mol. The number of carbonyl (C=O) groups excluding carboxylic acids is 2. The first-order valence-electron chi connectivity index (χ1n) is 14.3. The third-order valence-electron chi connectivity index (χ3n) is 8.24. The van der Waals surface area contributed by atoms with E-state index in [1.807, 2.05) is 30.3 Å². The van der Waals surface area contributed by atoms with Crippen molar-refractivity contribution in [3.05, 3.63) is 80.6 Å². The summed E-state index contributed by atoms with van der Waals surface area (Å²) in [6, 6.07) is 14.3. The highest BCUT2D eigenvalue weighted by Crippen LogP contribution is 2.55. The zero-order valence-electron chi connectivity index (χ0n) is 24.5. The van der Waals surface area contributed by atoms with Gasteiger partial charge in [-0.05, 0) is 69.3 Å². The number of halogens is 1. The average molecular weight is 607 g/mol. The lowest BCUT2D eigenvalue weighted by Crippen LogP contribution is -2.44. The van der Waals surface area contributed by atoms with Gasteiger partial charge in [0.25, 0.3) is 0 Å². The van der Waals surface area contributed by atoms with Gasteiger partial charge in [-0.3, -0.25) is 9.59 Å². The Bertz CT molecular complexity index is 1350. The fourth-order valence-corrected chi connectivity index (χ4v) is 7.16. The van der Waals surface area contributed by atoms with Crippen LogP contribution in [0.4, 0.5) is 0 Å². The molecule has 3 aliphatic rings. The summed E-state index contributed by atoms with van der Waals surface area (Å²) < 4.78 is 12.5. The molecule has 40 heavy (non-hydrogen) atoms. The van der Waals surface area contributed by atoms with Crippen molar-refractivity contribution < 1.29 is 19.1 Å². The third kappa shape index (κ3) is 5.39. The maximum absolute atomic E-state index is 14.1. The number of carbonyl (C=O) groups is 2. The van der Waals surface area contributed by atoms with Crippen LogP contribution in [-0.4, -0.2) is 30.2 Å². The van der Waals surface area contributed by atoms with Gasteiger partial charge in [-0.1, -0.05) is 65.0 Å². The Morgan fingerprint density at radius 3 is 2.00 bits per heavy atom. The summed E-state index contributed by atoms with van der Waals surface area (Å²) in [5.74, 6) is 1.06. The number of hydrogen-bond acceptors (Lipinski definition) is 5. The normalized spacial score (nSPS) is 20.4. The zero-order valence-corrected chi connectivity index (χ0v) is 26.1. The molecule has 0 unspecified atom stereocenters. The minimum atomic E-state index is -0.436. The lowest BCUT2D eigenvalue weighted by molar-refractivity contribution is -0.119. The molecule has 2 aromatic rings. The lowest BCUT2D eigenvalue weighted by atomic mass is 9.63. The van der Waals surface area contributed by atoms with Gasteiger partial charge in [-0.25, -0.2) is 0 Å². The van der Waals surface area contributed by atoms with Crippen LogP contribution < -0.4 is 9.47 Å². The second-order valence-corrected chi connectivity index (χ2v) is 13.8. The molecule has 6 heteroatoms. The topological polar surface area (TPSA) is 55.8 Å². The summed E-state index contributed by atoms with van der Waals surface area (Å²) in [6.07, 6.45) is 3.34. The highest BCUT2D eigenvalue weighted by atomic mass is 79.9. The summed E-state index contributed by atoms with van der Waals surface area (Å²) in [5, 5.41) is 0. The van der Waals surface area contributed by atoms with Crippen molar-refractivity contribution in [1.29, 1.82) is 0 Å². The van der Waals surface area contributed by atoms with Crippen LogP contribution >= 0.6 is 15.9 Å². The number of ether oxygens (including phenoxy) is 2. The number of methoxy groups -OCH3 is 1. The minimum absolute atomic E-state index is 0.125. The largest absolute Gasteiger partial charge is 0.493 e. The SMILES string of the molecule is CCCOc1c(Br)cc(C2C3=C(CC(C)(C)CC3=O)N(Cc3ccccc3)C3=C2C(=O)CC(C)(C)C3)cc1OC. The molecule has 0 radical (unpaired) electrons. The van der Waals surface area contributed by atoms with Gasteiger partial charge >= 0.3 is 0 Å². The Kier molecular flexibility index (Phi) is 7.77. The number of ketones is 2. The van der Waals surface area contributed by atoms with Gasteiger partial charge in [0.15, 0.2) is 23.1 Å². The molecule has 5 rings (SSSR count). The fourth-order valence-electron chi connectivity index (χ4n) is 6.59. The van der Waals surface area contributed by atoms with Crippen molar-refractivity contribution in [2.24, 2.45) is 10.8 Å². The molecule has 0 bridgehead atoms. The monoisotopic (exact) mass is 605 g/mol. The van der Waals surface area contributed by atoms with Crippen molar-refractivity contribution in [3.8, 4) is 11.5 Å². The van der Waals surface area contributed by atoms with E-state index in [-0.39, 0.29) is 22.4 Å². The maximum Gasteiger partial charge on any atom is 0.175 e. The van der Waals surface area contributed by atoms with Gasteiger partial charge in [0, 0.05) is 47.8 Å². The average Bonchev–Trinajstić information content (AvgIpc) is 2.87. The smallest absolute Gasteiger partial charge is 0.175 e. The zero-order chi connectivity index (χ0) is 28.8. The predicted octanol–water partition coefficient (Wildman–Crippen LogP) is 8.13. The third-order valence-corrected chi connectivity index (χ3v) is 8.83. The Morgan fingerprint density at radius 2 is 1.48 bits per heavy atom. The molecule has 1 aliphatic heterocycles. The standard InChI is InChI=1S/C34H40BrNO4/c1-7-13-40-32-23(35)14-22(15-28(32)39-6)29-30-24(16-33(2,3)18-26(30)37)36(20-21-11-9-8-10-12-21)25-17-34(4,5)19-27(38)31(25)29/h8-12,14-15,29H,7,13,16-20H2,1-6H3. The number of nitrogens with zero attached hydrogens (tertiary/aromatic N) is 1. The van der Waals surface area contributed by atoms with Gasteiger partial charge in [0.2, 0.25) is 0 Å². The van der Waals surface area contributed by atoms with Crippen LogP contribution in [0.5, 0.6) is 11.5 Å². The molecule has 2 aliphatic carbocycles. The first-order chi connectivity index (χ1) is 18.9. The molecule has 0 aromatic heterocycles. The van der Waals surface area contributed by atoms with Gasteiger partial charge < -0.3 is 14.4 Å². The second-order valence-electron chi connectivity index (χ2n) is 13.0. The molecule has 1 heterocycles. The van der Waals surface area contributed by atoms with E-state index in [1.54, 1.807) is 7.11 Å². The lowest BCUT2D eigenvalue weighted by Gasteiger charge is -2.49. The van der Waals surface area contributed by atoms with E-state index < -0.39 is 5.92 Å². The van der Waals surface area contributed by atoms with Crippen molar-refractivity contribution in [1.82, 2.24) is 4.90 Å². The Balaban J connectivity index is 1.76. The Labute approximate surface area is 246 Å². The highest BCUT2D eigenvalue weighted by Gasteiger charge is 2.49. The Hall–Kier alpha value is -2.86. The van der Waals surface area contributed by atoms with Crippen molar-refractivity contribution in [2.75, 3.05) is 13.7 Å². The summed E-state index contributed by atoms with van der Waals surface area (Å²) in [5.41, 5.74) is 5.34. The quantitative estimate of drug-likeness (QED) is 0.319. The van der Waals surface area contributed by atoms with E-state index >= 15 is 0 Å². The van der Waals surface area contributed by atoms with E-state index in [4.69, 9.17) is 9.47 Å². The molecule has 2 aromatic carbocycles. The molecular formula is C34H40BrNO4. The van der Waals surface area contributed by atoms with Gasteiger partial charge in [-0.15, -0.1) is 0 Å². The van der Waals surface area contributed by atoms with Crippen LogP contribution in [0.3, 0.4) is 0 Å². The first-order valence-corrected chi connectivity index (χ1v) is 15.1. The number of rotatable bonds is 7. The van der Waals surface area contributed by atoms with Gasteiger partial charge in [0.05, 0.1) is 18.2 Å².